The maximum Gasteiger partial charge on any atom is 0.0606 e. The molecule has 0 spiro atoms. The van der Waals surface area contributed by atoms with Crippen LogP contribution in [-0.4, -0.2) is 48.8 Å². The molecule has 0 amide bonds. The summed E-state index contributed by atoms with van der Waals surface area (Å²) in [6, 6.07) is 0. The number of hydrogen-bond donors (Lipinski definition) is 0. The van der Waals surface area contributed by atoms with Crippen molar-refractivity contribution in [3.63, 3.8) is 0 Å². The van der Waals surface area contributed by atoms with Gasteiger partial charge in [0, 0.05) is 0 Å². The van der Waals surface area contributed by atoms with Crippen molar-refractivity contribution in [1.29, 1.82) is 0 Å². The first-order valence-electron chi connectivity index (χ1n) is 34.1. The molecular weight excluding hydrogens is 881 g/mol. The first-order chi connectivity index (χ1) is 35.5. The summed E-state index contributed by atoms with van der Waals surface area (Å²) in [4.78, 5) is 0. The maximum absolute atomic E-state index is 7.53. The van der Waals surface area contributed by atoms with Crippen LogP contribution in [0.2, 0.25) is 0 Å². The van der Waals surface area contributed by atoms with Gasteiger partial charge in [-0.25, -0.2) is 0 Å². The first-order valence-corrected chi connectivity index (χ1v) is 34.1. The molecule has 5 fully saturated rings. The molecule has 72 heavy (non-hydrogen) atoms. The lowest BCUT2D eigenvalue weighted by molar-refractivity contribution is -0.173. The van der Waals surface area contributed by atoms with E-state index in [1.807, 2.05) is 0 Å². The summed E-state index contributed by atoms with van der Waals surface area (Å²) in [7, 11) is 0. The van der Waals surface area contributed by atoms with Gasteiger partial charge in [0.05, 0.1) is 48.8 Å². The fraction of sp³-hybridized carbons (Fsp3) is 1.00. The molecule has 4 heteroatoms. The molecule has 0 radical (unpaired) electrons. The van der Waals surface area contributed by atoms with Crippen LogP contribution in [0, 0.1) is 23.7 Å². The third kappa shape index (κ3) is 28.5. The number of hydrogen-bond acceptors (Lipinski definition) is 4. The minimum atomic E-state index is 0.338. The minimum absolute atomic E-state index is 0.338. The highest BCUT2D eigenvalue weighted by molar-refractivity contribution is 4.90. The van der Waals surface area contributed by atoms with Crippen molar-refractivity contribution in [3.05, 3.63) is 0 Å². The van der Waals surface area contributed by atoms with Crippen LogP contribution in [-0.2, 0) is 18.9 Å². The molecule has 8 atom stereocenters. The number of ether oxygens (including phenoxy) is 4. The minimum Gasteiger partial charge on any atom is -0.375 e. The zero-order chi connectivity index (χ0) is 50.5. The van der Waals surface area contributed by atoms with Crippen molar-refractivity contribution >= 4 is 0 Å². The standard InChI is InChI=1S/C68H128O4/c1-5-9-13-17-21-25-29-33-37-41-57-45-61-53-62(46-57)70-64-48-59(43-39-35-31-27-23-19-15-11-7-3)50-66(55-64)72-68-52-60(44-40-36-32-28-24-20-16-12-8-4)51-67(56-68)71-65-49-58(47-63(54-65)69-61)42-38-34-30-26-22-18-14-10-6-2/h57-68H,5-56H2,1-4H3. The molecule has 0 aromatic heterocycles. The summed E-state index contributed by atoms with van der Waals surface area (Å²) in [5, 5.41) is 0. The van der Waals surface area contributed by atoms with Gasteiger partial charge in [-0.05, 0) is 101 Å². The Labute approximate surface area is 451 Å². The van der Waals surface area contributed by atoms with Gasteiger partial charge in [0.15, 0.2) is 0 Å². The topological polar surface area (TPSA) is 36.9 Å². The Morgan fingerprint density at radius 2 is 0.319 bits per heavy atom. The normalized spacial score (nSPS) is 30.2. The van der Waals surface area contributed by atoms with Crippen molar-refractivity contribution in [2.75, 3.05) is 0 Å². The summed E-state index contributed by atoms with van der Waals surface area (Å²) in [6.07, 6.45) is 73.6. The van der Waals surface area contributed by atoms with E-state index in [1.165, 1.54) is 308 Å². The highest BCUT2D eigenvalue weighted by atomic mass is 16.5. The van der Waals surface area contributed by atoms with Gasteiger partial charge in [-0.15, -0.1) is 0 Å². The summed E-state index contributed by atoms with van der Waals surface area (Å²) in [5.74, 6) is 2.95. The predicted molar refractivity (Wildman–Crippen MR) is 311 cm³/mol. The number of fused-ring (bicyclic) bond motifs is 8. The monoisotopic (exact) mass is 1010 g/mol. The lowest BCUT2D eigenvalue weighted by Gasteiger charge is -2.45. The summed E-state index contributed by atoms with van der Waals surface area (Å²) >= 11 is 0. The van der Waals surface area contributed by atoms with Crippen LogP contribution >= 0.6 is 0 Å². The van der Waals surface area contributed by atoms with Crippen molar-refractivity contribution in [3.8, 4) is 0 Å². The van der Waals surface area contributed by atoms with Crippen molar-refractivity contribution in [2.45, 2.75) is 410 Å². The summed E-state index contributed by atoms with van der Waals surface area (Å²) < 4.78 is 30.1. The molecule has 1 heterocycles. The van der Waals surface area contributed by atoms with E-state index >= 15 is 0 Å². The molecule has 8 unspecified atom stereocenters. The van der Waals surface area contributed by atoms with E-state index in [1.54, 1.807) is 0 Å². The Kier molecular flexibility index (Phi) is 35.7. The van der Waals surface area contributed by atoms with E-state index in [2.05, 4.69) is 27.7 Å². The molecule has 1 saturated heterocycles. The zero-order valence-electron chi connectivity index (χ0n) is 49.3. The zero-order valence-corrected chi connectivity index (χ0v) is 49.3. The molecule has 0 N–H and O–H groups in total. The molecule has 1 aliphatic heterocycles. The summed E-state index contributed by atoms with van der Waals surface area (Å²) in [6.45, 7) is 9.34. The van der Waals surface area contributed by atoms with E-state index in [0.29, 0.717) is 48.8 Å². The van der Waals surface area contributed by atoms with Crippen LogP contribution in [0.5, 0.6) is 0 Å². The fourth-order valence-corrected chi connectivity index (χ4v) is 15.2. The highest BCUT2D eigenvalue weighted by Gasteiger charge is 2.41. The smallest absolute Gasteiger partial charge is 0.0606 e. The van der Waals surface area contributed by atoms with Crippen LogP contribution in [0.4, 0.5) is 0 Å². The SMILES string of the molecule is CCCCCCCCCCCC1CC2CC(C1)OC1CC(CCCCCCCCCCC)CC(C1)OC1CC(CCCCCCCCCCC)CC(C1)OC1CC(CCCCCCCCCCC)CC(C1)O2. The molecule has 0 aromatic carbocycles. The van der Waals surface area contributed by atoms with Gasteiger partial charge < -0.3 is 18.9 Å². The van der Waals surface area contributed by atoms with E-state index in [9.17, 15) is 0 Å². The molecule has 8 bridgehead atoms. The lowest BCUT2D eigenvalue weighted by atomic mass is 9.78. The highest BCUT2D eigenvalue weighted by Crippen LogP contribution is 2.43. The third-order valence-corrected chi connectivity index (χ3v) is 19.3. The van der Waals surface area contributed by atoms with Gasteiger partial charge >= 0.3 is 0 Å². The van der Waals surface area contributed by atoms with Gasteiger partial charge in [0.1, 0.15) is 0 Å². The molecule has 4 aliphatic carbocycles. The molecule has 424 valence electrons. The number of rotatable bonds is 40. The van der Waals surface area contributed by atoms with Crippen molar-refractivity contribution in [2.24, 2.45) is 23.7 Å². The third-order valence-electron chi connectivity index (χ3n) is 19.3. The second kappa shape index (κ2) is 41.0. The van der Waals surface area contributed by atoms with Gasteiger partial charge in [0.2, 0.25) is 0 Å². The average Bonchev–Trinajstić information content (AvgIpc) is 3.36. The molecule has 5 rings (SSSR count). The lowest BCUT2D eigenvalue weighted by Crippen LogP contribution is -2.45. The quantitative estimate of drug-likeness (QED) is 0.0573. The first kappa shape index (κ1) is 62.7. The summed E-state index contributed by atoms with van der Waals surface area (Å²) in [5.41, 5.74) is 0. The average molecular weight is 1010 g/mol. The molecule has 4 saturated carbocycles. The van der Waals surface area contributed by atoms with Gasteiger partial charge in [0.25, 0.3) is 0 Å². The molecule has 5 aliphatic rings. The van der Waals surface area contributed by atoms with E-state index < -0.39 is 0 Å². The van der Waals surface area contributed by atoms with Crippen molar-refractivity contribution in [1.82, 2.24) is 0 Å². The molecule has 4 nitrogen and oxygen atoms in total. The van der Waals surface area contributed by atoms with E-state index in [4.69, 9.17) is 18.9 Å². The maximum atomic E-state index is 7.53. The second-order valence-corrected chi connectivity index (χ2v) is 26.3. The molecular formula is C68H128O4. The Morgan fingerprint density at radius 3 is 0.472 bits per heavy atom. The Morgan fingerprint density at radius 1 is 0.181 bits per heavy atom. The predicted octanol–water partition coefficient (Wildman–Crippen LogP) is 21.9. The van der Waals surface area contributed by atoms with Gasteiger partial charge in [-0.2, -0.15) is 0 Å². The fourth-order valence-electron chi connectivity index (χ4n) is 15.2. The van der Waals surface area contributed by atoms with Crippen molar-refractivity contribution < 1.29 is 18.9 Å². The van der Waals surface area contributed by atoms with E-state index in [-0.39, 0.29) is 0 Å². The number of unbranched alkanes of at least 4 members (excludes halogenated alkanes) is 32. The Bertz CT molecular complexity index is 999. The Hall–Kier alpha value is -0.160. The molecule has 0 aromatic rings. The second-order valence-electron chi connectivity index (χ2n) is 26.3. The van der Waals surface area contributed by atoms with Gasteiger partial charge in [-0.3, -0.25) is 0 Å². The van der Waals surface area contributed by atoms with Crippen LogP contribution in [0.1, 0.15) is 362 Å². The van der Waals surface area contributed by atoms with Crippen LogP contribution in [0.15, 0.2) is 0 Å². The van der Waals surface area contributed by atoms with Crippen LogP contribution in [0.3, 0.4) is 0 Å². The largest absolute Gasteiger partial charge is 0.375 e. The van der Waals surface area contributed by atoms with Gasteiger partial charge in [-0.1, -0.05) is 285 Å². The van der Waals surface area contributed by atoms with Crippen LogP contribution in [0.25, 0.3) is 0 Å². The Balaban J connectivity index is 1.25. The van der Waals surface area contributed by atoms with E-state index in [0.717, 1.165) is 49.4 Å². The van der Waals surface area contributed by atoms with Crippen LogP contribution < -0.4 is 0 Å².